The van der Waals surface area contributed by atoms with Gasteiger partial charge < -0.3 is 10.1 Å². The molecule has 1 aliphatic rings. The van der Waals surface area contributed by atoms with Crippen molar-refractivity contribution in [3.8, 4) is 5.75 Å². The third-order valence-electron chi connectivity index (χ3n) is 6.03. The van der Waals surface area contributed by atoms with Crippen LogP contribution in [0.15, 0.2) is 90.3 Å². The fourth-order valence-electron chi connectivity index (χ4n) is 4.28. The molecule has 0 spiro atoms. The second kappa shape index (κ2) is 8.76. The molecule has 0 saturated heterocycles. The van der Waals surface area contributed by atoms with Crippen molar-refractivity contribution < 1.29 is 9.53 Å². The van der Waals surface area contributed by atoms with Gasteiger partial charge in [0.25, 0.3) is 0 Å². The first-order chi connectivity index (χ1) is 14.9. The molecule has 4 nitrogen and oxygen atoms in total. The van der Waals surface area contributed by atoms with Gasteiger partial charge in [-0.25, -0.2) is 0 Å². The number of pyridine rings is 1. The van der Waals surface area contributed by atoms with Crippen molar-refractivity contribution in [1.29, 1.82) is 0 Å². The van der Waals surface area contributed by atoms with Crippen LogP contribution in [0.25, 0.3) is 10.8 Å². The van der Waals surface area contributed by atoms with Gasteiger partial charge in [0.1, 0.15) is 11.9 Å². The lowest BCUT2D eigenvalue weighted by atomic mass is 9.71. The predicted molar refractivity (Wildman–Crippen MR) is 126 cm³/mol. The molecule has 31 heavy (non-hydrogen) atoms. The molecule has 0 saturated carbocycles. The van der Waals surface area contributed by atoms with Crippen LogP contribution in [0.1, 0.15) is 33.6 Å². The number of allylic oxidation sites excluding steroid dienone is 2. The minimum atomic E-state index is -0.147. The maximum Gasteiger partial charge on any atom is 0.248 e. The first-order valence-corrected chi connectivity index (χ1v) is 10.7. The third kappa shape index (κ3) is 4.69. The lowest BCUT2D eigenvalue weighted by Crippen LogP contribution is -2.31. The number of hydrogen-bond donors (Lipinski definition) is 1. The molecular weight excluding hydrogens is 384 g/mol. The number of hydrogen-bond acceptors (Lipinski definition) is 3. The number of carbonyl (C=O) groups excluding carboxylic acids is 1. The highest BCUT2D eigenvalue weighted by molar-refractivity contribution is 6.06. The van der Waals surface area contributed by atoms with Crippen molar-refractivity contribution in [1.82, 2.24) is 4.98 Å². The van der Waals surface area contributed by atoms with E-state index in [1.807, 2.05) is 60.7 Å². The molecule has 4 rings (SSSR count). The Labute approximate surface area is 183 Å². The van der Waals surface area contributed by atoms with Crippen molar-refractivity contribution in [2.45, 2.75) is 39.7 Å². The number of benzene rings is 2. The fourth-order valence-corrected chi connectivity index (χ4v) is 4.28. The van der Waals surface area contributed by atoms with Crippen LogP contribution in [-0.4, -0.2) is 17.0 Å². The van der Waals surface area contributed by atoms with Crippen molar-refractivity contribution in [2.75, 3.05) is 5.32 Å². The van der Waals surface area contributed by atoms with E-state index in [-0.39, 0.29) is 17.4 Å². The molecule has 1 amide bonds. The van der Waals surface area contributed by atoms with Crippen LogP contribution in [0, 0.1) is 5.41 Å². The molecule has 4 heteroatoms. The normalized spacial score (nSPS) is 18.4. The largest absolute Gasteiger partial charge is 0.486 e. The second-order valence-corrected chi connectivity index (χ2v) is 8.66. The molecule has 3 aromatic rings. The zero-order chi connectivity index (χ0) is 21.8. The zero-order valence-corrected chi connectivity index (χ0v) is 18.3. The number of carbonyl (C=O) groups is 1. The van der Waals surface area contributed by atoms with E-state index >= 15 is 0 Å². The van der Waals surface area contributed by atoms with Crippen LogP contribution < -0.4 is 10.1 Å². The highest BCUT2D eigenvalue weighted by Gasteiger charge is 2.33. The van der Waals surface area contributed by atoms with E-state index in [1.165, 1.54) is 5.57 Å². The van der Waals surface area contributed by atoms with Crippen LogP contribution in [0.5, 0.6) is 5.75 Å². The Balaban J connectivity index is 1.54. The van der Waals surface area contributed by atoms with Gasteiger partial charge in [0.15, 0.2) is 0 Å². The first-order valence-electron chi connectivity index (χ1n) is 10.7. The van der Waals surface area contributed by atoms with Gasteiger partial charge in [-0.2, -0.15) is 0 Å². The Morgan fingerprint density at radius 1 is 1.13 bits per heavy atom. The minimum Gasteiger partial charge on any atom is -0.486 e. The molecule has 158 valence electrons. The summed E-state index contributed by atoms with van der Waals surface area (Å²) in [7, 11) is 0. The molecule has 0 radical (unpaired) electrons. The molecule has 1 heterocycles. The number of para-hydroxylation sites is 1. The van der Waals surface area contributed by atoms with Crippen molar-refractivity contribution in [3.05, 3.63) is 90.3 Å². The van der Waals surface area contributed by atoms with Crippen LogP contribution in [0.3, 0.4) is 0 Å². The number of fused-ring (bicyclic) bond motifs is 1. The molecule has 1 aliphatic carbocycles. The summed E-state index contributed by atoms with van der Waals surface area (Å²) in [6, 6.07) is 17.6. The second-order valence-electron chi connectivity index (χ2n) is 8.66. The number of rotatable bonds is 5. The van der Waals surface area contributed by atoms with E-state index in [4.69, 9.17) is 4.74 Å². The average Bonchev–Trinajstić information content (AvgIpc) is 2.76. The van der Waals surface area contributed by atoms with Crippen LogP contribution >= 0.6 is 0 Å². The molecule has 1 unspecified atom stereocenters. The summed E-state index contributed by atoms with van der Waals surface area (Å²) in [6.45, 7) is 6.57. The lowest BCUT2D eigenvalue weighted by Gasteiger charge is -2.37. The number of nitrogens with one attached hydrogen (secondary N) is 1. The van der Waals surface area contributed by atoms with E-state index in [2.05, 4.69) is 31.1 Å². The number of amides is 1. The average molecular weight is 413 g/mol. The van der Waals surface area contributed by atoms with Gasteiger partial charge >= 0.3 is 0 Å². The predicted octanol–water partition coefficient (Wildman–Crippen LogP) is 6.31. The summed E-state index contributed by atoms with van der Waals surface area (Å²) < 4.78 is 6.24. The molecule has 0 bridgehead atoms. The third-order valence-corrected chi connectivity index (χ3v) is 6.03. The first kappa shape index (κ1) is 20.9. The Hall–Kier alpha value is -3.40. The highest BCUT2D eigenvalue weighted by atomic mass is 16.5. The SMILES string of the molecule is CC1=C(C=CC(=O)Nc2cccc3cnccc23)C(C)(C)CCC1Oc1ccccc1. The number of nitrogens with zero attached hydrogens (tertiary/aromatic N) is 1. The number of aromatic nitrogens is 1. The fraction of sp³-hybridized carbons (Fsp3) is 0.259. The Bertz CT molecular complexity index is 1140. The van der Waals surface area contributed by atoms with Gasteiger partial charge in [-0.1, -0.05) is 50.3 Å². The Morgan fingerprint density at radius 2 is 1.94 bits per heavy atom. The molecule has 2 aromatic carbocycles. The molecular formula is C27H28N2O2. The summed E-state index contributed by atoms with van der Waals surface area (Å²) >= 11 is 0. The summed E-state index contributed by atoms with van der Waals surface area (Å²) in [5.41, 5.74) is 3.12. The van der Waals surface area contributed by atoms with E-state index in [0.29, 0.717) is 0 Å². The van der Waals surface area contributed by atoms with Gasteiger partial charge in [-0.15, -0.1) is 0 Å². The smallest absolute Gasteiger partial charge is 0.248 e. The topological polar surface area (TPSA) is 51.2 Å². The highest BCUT2D eigenvalue weighted by Crippen LogP contribution is 2.42. The summed E-state index contributed by atoms with van der Waals surface area (Å²) in [4.78, 5) is 16.9. The maximum absolute atomic E-state index is 12.7. The minimum absolute atomic E-state index is 0.0114. The van der Waals surface area contributed by atoms with E-state index in [0.717, 1.165) is 40.6 Å². The molecule has 0 aliphatic heterocycles. The van der Waals surface area contributed by atoms with Crippen LogP contribution in [-0.2, 0) is 4.79 Å². The van der Waals surface area contributed by atoms with E-state index in [9.17, 15) is 4.79 Å². The van der Waals surface area contributed by atoms with Gasteiger partial charge in [0, 0.05) is 34.9 Å². The van der Waals surface area contributed by atoms with Crippen LogP contribution in [0.4, 0.5) is 5.69 Å². The summed E-state index contributed by atoms with van der Waals surface area (Å²) in [5.74, 6) is 0.726. The van der Waals surface area contributed by atoms with E-state index < -0.39 is 0 Å². The zero-order valence-electron chi connectivity index (χ0n) is 18.3. The molecule has 1 atom stereocenters. The van der Waals surface area contributed by atoms with Gasteiger partial charge in [-0.3, -0.25) is 9.78 Å². The van der Waals surface area contributed by atoms with Gasteiger partial charge in [-0.05, 0) is 60.6 Å². The van der Waals surface area contributed by atoms with Crippen molar-refractivity contribution in [3.63, 3.8) is 0 Å². The summed E-state index contributed by atoms with van der Waals surface area (Å²) in [6.07, 6.45) is 9.10. The quantitative estimate of drug-likeness (QED) is 0.499. The monoisotopic (exact) mass is 412 g/mol. The van der Waals surface area contributed by atoms with Crippen LogP contribution in [0.2, 0.25) is 0 Å². The van der Waals surface area contributed by atoms with Crippen molar-refractivity contribution >= 4 is 22.4 Å². The molecule has 0 fully saturated rings. The van der Waals surface area contributed by atoms with Crippen molar-refractivity contribution in [2.24, 2.45) is 5.41 Å². The summed E-state index contributed by atoms with van der Waals surface area (Å²) in [5, 5.41) is 4.98. The standard InChI is InChI=1S/C27H28N2O2/c1-19-23(27(2,3)16-14-25(19)31-21-9-5-4-6-10-21)12-13-26(30)29-24-11-7-8-20-18-28-17-15-22(20)24/h4-13,15,17-18,25H,14,16H2,1-3H3,(H,29,30). The molecule has 1 aromatic heterocycles. The van der Waals surface area contributed by atoms with Gasteiger partial charge in [0.2, 0.25) is 5.91 Å². The van der Waals surface area contributed by atoms with Gasteiger partial charge in [0.05, 0.1) is 0 Å². The molecule has 1 N–H and O–H groups in total. The number of ether oxygens (including phenoxy) is 1. The Morgan fingerprint density at radius 3 is 2.74 bits per heavy atom. The lowest BCUT2D eigenvalue weighted by molar-refractivity contribution is -0.111. The number of anilines is 1. The maximum atomic E-state index is 12.7. The Kier molecular flexibility index (Phi) is 5.90. The van der Waals surface area contributed by atoms with E-state index in [1.54, 1.807) is 18.5 Å².